The Morgan fingerprint density at radius 2 is 1.69 bits per heavy atom. The number of amides is 1. The predicted molar refractivity (Wildman–Crippen MR) is 128 cm³/mol. The molecule has 0 N–H and O–H groups in total. The number of methoxy groups -OCH3 is 1. The Bertz CT molecular complexity index is 1080. The van der Waals surface area contributed by atoms with Gasteiger partial charge < -0.3 is 19.3 Å². The van der Waals surface area contributed by atoms with E-state index in [2.05, 4.69) is 36.1 Å². The maximum absolute atomic E-state index is 13.1. The zero-order valence-electron chi connectivity index (χ0n) is 18.4. The summed E-state index contributed by atoms with van der Waals surface area (Å²) in [7, 11) is 1.58. The molecule has 32 heavy (non-hydrogen) atoms. The Kier molecular flexibility index (Phi) is 6.86. The van der Waals surface area contributed by atoms with Crippen LogP contribution >= 0.6 is 11.6 Å². The lowest BCUT2D eigenvalue weighted by Gasteiger charge is -2.36. The molecule has 1 saturated heterocycles. The standard InChI is InChI=1S/C26H27ClN2O3/c1-19-4-3-5-23(16-19)28-12-14-29(15-13-28)26(30)21-8-11-24(25(17-21)31-2)32-18-20-6-9-22(27)10-7-20/h3-11,16-17H,12-15,18H2,1-2H3. The lowest BCUT2D eigenvalue weighted by atomic mass is 10.1. The summed E-state index contributed by atoms with van der Waals surface area (Å²) in [5.41, 5.74) is 4.06. The average molecular weight is 451 g/mol. The molecule has 0 spiro atoms. The molecule has 1 heterocycles. The minimum atomic E-state index is 0.0106. The summed E-state index contributed by atoms with van der Waals surface area (Å²) in [5.74, 6) is 1.16. The van der Waals surface area contributed by atoms with E-state index in [1.165, 1.54) is 11.3 Å². The van der Waals surface area contributed by atoms with E-state index in [4.69, 9.17) is 21.1 Å². The first kappa shape index (κ1) is 22.0. The molecule has 0 aromatic heterocycles. The van der Waals surface area contributed by atoms with Gasteiger partial charge in [0.25, 0.3) is 5.91 Å². The SMILES string of the molecule is COc1cc(C(=O)N2CCN(c3cccc(C)c3)CC2)ccc1OCc1ccc(Cl)cc1. The third-order valence-electron chi connectivity index (χ3n) is 5.65. The van der Waals surface area contributed by atoms with Crippen molar-refractivity contribution in [3.05, 3.63) is 88.4 Å². The van der Waals surface area contributed by atoms with Crippen LogP contribution in [0.5, 0.6) is 11.5 Å². The molecule has 0 saturated carbocycles. The molecule has 4 rings (SSSR count). The van der Waals surface area contributed by atoms with E-state index in [9.17, 15) is 4.79 Å². The molecule has 6 heteroatoms. The third kappa shape index (κ3) is 5.17. The number of carbonyl (C=O) groups is 1. The van der Waals surface area contributed by atoms with Crippen molar-refractivity contribution in [2.24, 2.45) is 0 Å². The number of anilines is 1. The predicted octanol–water partition coefficient (Wildman–Crippen LogP) is 5.20. The smallest absolute Gasteiger partial charge is 0.254 e. The van der Waals surface area contributed by atoms with Gasteiger partial charge in [0.2, 0.25) is 0 Å². The van der Waals surface area contributed by atoms with Crippen molar-refractivity contribution in [2.45, 2.75) is 13.5 Å². The lowest BCUT2D eigenvalue weighted by Crippen LogP contribution is -2.48. The summed E-state index contributed by atoms with van der Waals surface area (Å²) >= 11 is 5.93. The van der Waals surface area contributed by atoms with Crippen molar-refractivity contribution in [3.63, 3.8) is 0 Å². The van der Waals surface area contributed by atoms with E-state index in [-0.39, 0.29) is 5.91 Å². The van der Waals surface area contributed by atoms with Crippen molar-refractivity contribution in [3.8, 4) is 11.5 Å². The van der Waals surface area contributed by atoms with Crippen LogP contribution in [0.25, 0.3) is 0 Å². The van der Waals surface area contributed by atoms with Gasteiger partial charge in [-0.15, -0.1) is 0 Å². The molecule has 1 aliphatic heterocycles. The number of nitrogens with zero attached hydrogens (tertiary/aromatic N) is 2. The number of rotatable bonds is 6. The highest BCUT2D eigenvalue weighted by molar-refractivity contribution is 6.30. The van der Waals surface area contributed by atoms with Gasteiger partial charge in [-0.25, -0.2) is 0 Å². The van der Waals surface area contributed by atoms with Crippen molar-refractivity contribution in [1.82, 2.24) is 4.90 Å². The number of piperazine rings is 1. The monoisotopic (exact) mass is 450 g/mol. The van der Waals surface area contributed by atoms with E-state index in [0.717, 1.165) is 18.7 Å². The number of hydrogen-bond acceptors (Lipinski definition) is 4. The molecule has 0 aliphatic carbocycles. The second-order valence-corrected chi connectivity index (χ2v) is 8.34. The largest absolute Gasteiger partial charge is 0.493 e. The van der Waals surface area contributed by atoms with Gasteiger partial charge in [0, 0.05) is 42.5 Å². The third-order valence-corrected chi connectivity index (χ3v) is 5.90. The summed E-state index contributed by atoms with van der Waals surface area (Å²) in [6.45, 7) is 5.48. The van der Waals surface area contributed by atoms with Crippen molar-refractivity contribution in [2.75, 3.05) is 38.2 Å². The van der Waals surface area contributed by atoms with Gasteiger partial charge in [-0.05, 0) is 60.5 Å². The molecule has 0 atom stereocenters. The molecule has 0 radical (unpaired) electrons. The Balaban J connectivity index is 1.39. The normalized spacial score (nSPS) is 13.7. The minimum Gasteiger partial charge on any atom is -0.493 e. The highest BCUT2D eigenvalue weighted by atomic mass is 35.5. The van der Waals surface area contributed by atoms with Gasteiger partial charge in [-0.1, -0.05) is 35.9 Å². The molecule has 0 unspecified atom stereocenters. The second-order valence-electron chi connectivity index (χ2n) is 7.90. The first-order chi connectivity index (χ1) is 15.5. The van der Waals surface area contributed by atoms with E-state index in [1.807, 2.05) is 29.2 Å². The molecule has 1 fully saturated rings. The molecule has 1 aliphatic rings. The Hall–Kier alpha value is -3.18. The number of halogens is 1. The fourth-order valence-electron chi connectivity index (χ4n) is 3.84. The Morgan fingerprint density at radius 1 is 0.938 bits per heavy atom. The zero-order chi connectivity index (χ0) is 22.5. The van der Waals surface area contributed by atoms with Crippen molar-refractivity contribution < 1.29 is 14.3 Å². The van der Waals surface area contributed by atoms with Crippen LogP contribution in [0.1, 0.15) is 21.5 Å². The summed E-state index contributed by atoms with van der Waals surface area (Å²) in [6.07, 6.45) is 0. The van der Waals surface area contributed by atoms with Gasteiger partial charge in [-0.3, -0.25) is 4.79 Å². The van der Waals surface area contributed by atoms with Gasteiger partial charge >= 0.3 is 0 Å². The minimum absolute atomic E-state index is 0.0106. The van der Waals surface area contributed by atoms with Gasteiger partial charge in [-0.2, -0.15) is 0 Å². The molecule has 166 valence electrons. The van der Waals surface area contributed by atoms with Gasteiger partial charge in [0.05, 0.1) is 7.11 Å². The number of carbonyl (C=O) groups excluding carboxylic acids is 1. The molecule has 3 aromatic carbocycles. The topological polar surface area (TPSA) is 42.0 Å². The zero-order valence-corrected chi connectivity index (χ0v) is 19.1. The maximum atomic E-state index is 13.1. The van der Waals surface area contributed by atoms with Crippen molar-refractivity contribution >= 4 is 23.2 Å². The molecular weight excluding hydrogens is 424 g/mol. The number of ether oxygens (including phenoxy) is 2. The van der Waals surface area contributed by atoms with E-state index in [0.29, 0.717) is 41.8 Å². The van der Waals surface area contributed by atoms with Gasteiger partial charge in [0.1, 0.15) is 6.61 Å². The quantitative estimate of drug-likeness (QED) is 0.517. The maximum Gasteiger partial charge on any atom is 0.254 e. The molecule has 3 aromatic rings. The van der Waals surface area contributed by atoms with Crippen LogP contribution in [-0.4, -0.2) is 44.1 Å². The number of aryl methyl sites for hydroxylation is 1. The highest BCUT2D eigenvalue weighted by Gasteiger charge is 2.23. The van der Waals surface area contributed by atoms with Crippen LogP contribution in [0.4, 0.5) is 5.69 Å². The van der Waals surface area contributed by atoms with Crippen LogP contribution in [0, 0.1) is 6.92 Å². The lowest BCUT2D eigenvalue weighted by molar-refractivity contribution is 0.0746. The van der Waals surface area contributed by atoms with E-state index >= 15 is 0 Å². The second kappa shape index (κ2) is 9.96. The Labute approximate surface area is 194 Å². The molecular formula is C26H27ClN2O3. The van der Waals surface area contributed by atoms with Crippen LogP contribution in [0.15, 0.2) is 66.7 Å². The summed E-state index contributed by atoms with van der Waals surface area (Å²) in [4.78, 5) is 17.3. The summed E-state index contributed by atoms with van der Waals surface area (Å²) < 4.78 is 11.4. The van der Waals surface area contributed by atoms with Gasteiger partial charge in [0.15, 0.2) is 11.5 Å². The van der Waals surface area contributed by atoms with Crippen LogP contribution < -0.4 is 14.4 Å². The number of benzene rings is 3. The van der Waals surface area contributed by atoms with E-state index in [1.54, 1.807) is 25.3 Å². The molecule has 5 nitrogen and oxygen atoms in total. The molecule has 1 amide bonds. The van der Waals surface area contributed by atoms with Crippen molar-refractivity contribution in [1.29, 1.82) is 0 Å². The average Bonchev–Trinajstić information content (AvgIpc) is 2.83. The van der Waals surface area contributed by atoms with Crippen LogP contribution in [0.2, 0.25) is 5.02 Å². The summed E-state index contributed by atoms with van der Waals surface area (Å²) in [6, 6.07) is 21.3. The fourth-order valence-corrected chi connectivity index (χ4v) is 3.96. The van der Waals surface area contributed by atoms with Crippen LogP contribution in [0.3, 0.4) is 0 Å². The van der Waals surface area contributed by atoms with E-state index < -0.39 is 0 Å². The summed E-state index contributed by atoms with van der Waals surface area (Å²) in [5, 5.41) is 0.689. The highest BCUT2D eigenvalue weighted by Crippen LogP contribution is 2.30. The Morgan fingerprint density at radius 3 is 2.38 bits per heavy atom. The number of hydrogen-bond donors (Lipinski definition) is 0. The first-order valence-electron chi connectivity index (χ1n) is 10.7. The van der Waals surface area contributed by atoms with Crippen LogP contribution in [-0.2, 0) is 6.61 Å². The first-order valence-corrected chi connectivity index (χ1v) is 11.1. The molecule has 0 bridgehead atoms. The fraction of sp³-hybridized carbons (Fsp3) is 0.269.